The minimum atomic E-state index is 0. The summed E-state index contributed by atoms with van der Waals surface area (Å²) in [6.45, 7) is 2.83. The van der Waals surface area contributed by atoms with Gasteiger partial charge in [0.15, 0.2) is 0 Å². The average molecular weight is 323 g/mol. The van der Waals surface area contributed by atoms with Gasteiger partial charge < -0.3 is 10.3 Å². The lowest BCUT2D eigenvalue weighted by Crippen LogP contribution is -2.28. The number of carbonyl (C=O) groups excluding carboxylic acids is 1. The number of benzene rings is 1. The number of hydrogen-bond donors (Lipinski definition) is 2. The van der Waals surface area contributed by atoms with Gasteiger partial charge in [-0.3, -0.25) is 10.1 Å². The molecule has 0 radical (unpaired) electrons. The van der Waals surface area contributed by atoms with Gasteiger partial charge in [0.2, 0.25) is 11.9 Å². The van der Waals surface area contributed by atoms with Crippen LogP contribution in [-0.2, 0) is 11.3 Å². The number of imidazole rings is 1. The summed E-state index contributed by atoms with van der Waals surface area (Å²) in [4.78, 5) is 16.8. The van der Waals surface area contributed by atoms with E-state index in [0.29, 0.717) is 18.3 Å². The first-order valence-corrected chi connectivity index (χ1v) is 7.69. The van der Waals surface area contributed by atoms with Crippen LogP contribution < -0.4 is 11.1 Å². The summed E-state index contributed by atoms with van der Waals surface area (Å²) in [7, 11) is 0. The molecule has 0 unspecified atom stereocenters. The number of carbonyl (C=O) groups is 1. The Kier molecular flexibility index (Phi) is 5.42. The SMILES string of the molecule is CCn1c(NC(=O)C[C@@H]2CCC[C@H]2N)nc2ccccc21.Cl. The van der Waals surface area contributed by atoms with E-state index in [9.17, 15) is 4.79 Å². The van der Waals surface area contributed by atoms with Crippen LogP contribution in [0.25, 0.3) is 11.0 Å². The van der Waals surface area contributed by atoms with Gasteiger partial charge in [-0.05, 0) is 37.8 Å². The molecule has 1 heterocycles. The van der Waals surface area contributed by atoms with Crippen molar-refractivity contribution in [2.45, 2.75) is 45.2 Å². The van der Waals surface area contributed by atoms with E-state index in [-0.39, 0.29) is 24.4 Å². The van der Waals surface area contributed by atoms with Gasteiger partial charge >= 0.3 is 0 Å². The number of nitrogens with two attached hydrogens (primary N) is 1. The average Bonchev–Trinajstić information content (AvgIpc) is 3.02. The molecule has 1 aliphatic carbocycles. The van der Waals surface area contributed by atoms with Crippen LogP contribution >= 0.6 is 12.4 Å². The summed E-state index contributed by atoms with van der Waals surface area (Å²) >= 11 is 0. The fourth-order valence-corrected chi connectivity index (χ4v) is 3.22. The highest BCUT2D eigenvalue weighted by Crippen LogP contribution is 2.27. The van der Waals surface area contributed by atoms with E-state index in [1.54, 1.807) is 0 Å². The lowest BCUT2D eigenvalue weighted by atomic mass is 10.00. The molecule has 3 rings (SSSR count). The summed E-state index contributed by atoms with van der Waals surface area (Å²) in [6, 6.07) is 8.09. The maximum absolute atomic E-state index is 12.2. The molecule has 0 bridgehead atoms. The number of aryl methyl sites for hydroxylation is 1. The zero-order valence-electron chi connectivity index (χ0n) is 12.8. The Balaban J connectivity index is 0.00000176. The van der Waals surface area contributed by atoms with Gasteiger partial charge in [-0.25, -0.2) is 4.98 Å². The van der Waals surface area contributed by atoms with Gasteiger partial charge in [0.1, 0.15) is 0 Å². The summed E-state index contributed by atoms with van der Waals surface area (Å²) in [5, 5.41) is 2.96. The van der Waals surface area contributed by atoms with E-state index < -0.39 is 0 Å². The Labute approximate surface area is 136 Å². The van der Waals surface area contributed by atoms with Crippen molar-refractivity contribution in [2.24, 2.45) is 11.7 Å². The highest BCUT2D eigenvalue weighted by atomic mass is 35.5. The third-order valence-corrected chi connectivity index (χ3v) is 4.39. The number of anilines is 1. The van der Waals surface area contributed by atoms with Gasteiger partial charge in [-0.15, -0.1) is 12.4 Å². The van der Waals surface area contributed by atoms with Crippen LogP contribution in [0.1, 0.15) is 32.6 Å². The molecule has 1 fully saturated rings. The second kappa shape index (κ2) is 7.11. The molecule has 6 heteroatoms. The molecule has 0 saturated heterocycles. The van der Waals surface area contributed by atoms with Gasteiger partial charge in [0.05, 0.1) is 11.0 Å². The Hall–Kier alpha value is -1.59. The smallest absolute Gasteiger partial charge is 0.227 e. The number of nitrogens with one attached hydrogen (secondary N) is 1. The Morgan fingerprint density at radius 2 is 2.18 bits per heavy atom. The van der Waals surface area contributed by atoms with Crippen molar-refractivity contribution in [1.82, 2.24) is 9.55 Å². The fraction of sp³-hybridized carbons (Fsp3) is 0.500. The lowest BCUT2D eigenvalue weighted by Gasteiger charge is -2.14. The second-order valence-corrected chi connectivity index (χ2v) is 5.78. The van der Waals surface area contributed by atoms with Crippen molar-refractivity contribution >= 4 is 35.3 Å². The number of fused-ring (bicyclic) bond motifs is 1. The lowest BCUT2D eigenvalue weighted by molar-refractivity contribution is -0.117. The third-order valence-electron chi connectivity index (χ3n) is 4.39. The maximum Gasteiger partial charge on any atom is 0.227 e. The Bertz CT molecular complexity index is 655. The van der Waals surface area contributed by atoms with Crippen molar-refractivity contribution in [3.8, 4) is 0 Å². The number of aromatic nitrogens is 2. The zero-order valence-corrected chi connectivity index (χ0v) is 13.6. The van der Waals surface area contributed by atoms with Crippen molar-refractivity contribution < 1.29 is 4.79 Å². The zero-order chi connectivity index (χ0) is 14.8. The van der Waals surface area contributed by atoms with Crippen molar-refractivity contribution in [3.05, 3.63) is 24.3 Å². The number of rotatable bonds is 4. The summed E-state index contributed by atoms with van der Waals surface area (Å²) in [5.74, 6) is 0.960. The molecule has 2 aromatic rings. The standard InChI is InChI=1S/C16H22N4O.ClH/c1-2-20-14-9-4-3-8-13(14)18-16(20)19-15(21)10-11-6-5-7-12(11)17;/h3-4,8-9,11-12H,2,5-7,10,17H2,1H3,(H,18,19,21);1H/t11-,12+;/m0./s1. The molecule has 5 nitrogen and oxygen atoms in total. The van der Waals surface area contributed by atoms with Crippen molar-refractivity contribution in [3.63, 3.8) is 0 Å². The minimum absolute atomic E-state index is 0. The van der Waals surface area contributed by atoms with Gasteiger partial charge in [-0.1, -0.05) is 18.6 Å². The van der Waals surface area contributed by atoms with Gasteiger partial charge in [-0.2, -0.15) is 0 Å². The molecule has 1 amide bonds. The van der Waals surface area contributed by atoms with E-state index in [1.165, 1.54) is 0 Å². The molecule has 120 valence electrons. The quantitative estimate of drug-likeness (QED) is 0.909. The van der Waals surface area contributed by atoms with Crippen LogP contribution in [0.4, 0.5) is 5.95 Å². The second-order valence-electron chi connectivity index (χ2n) is 5.78. The fourth-order valence-electron chi connectivity index (χ4n) is 3.22. The van der Waals surface area contributed by atoms with Crippen LogP contribution in [-0.4, -0.2) is 21.5 Å². The number of nitrogens with zero attached hydrogens (tertiary/aromatic N) is 2. The number of amides is 1. The molecule has 2 atom stereocenters. The highest BCUT2D eigenvalue weighted by Gasteiger charge is 2.26. The van der Waals surface area contributed by atoms with Crippen molar-refractivity contribution in [1.29, 1.82) is 0 Å². The maximum atomic E-state index is 12.2. The summed E-state index contributed by atoms with van der Waals surface area (Å²) in [6.07, 6.45) is 3.71. The van der Waals surface area contributed by atoms with E-state index in [4.69, 9.17) is 5.73 Å². The molecule has 22 heavy (non-hydrogen) atoms. The molecule has 3 N–H and O–H groups in total. The molecule has 0 aliphatic heterocycles. The Morgan fingerprint density at radius 1 is 1.41 bits per heavy atom. The van der Waals surface area contributed by atoms with Crippen molar-refractivity contribution in [2.75, 3.05) is 5.32 Å². The molecule has 1 saturated carbocycles. The topological polar surface area (TPSA) is 72.9 Å². The summed E-state index contributed by atoms with van der Waals surface area (Å²) < 4.78 is 2.03. The molecular formula is C16H23ClN4O. The third kappa shape index (κ3) is 3.25. The first-order chi connectivity index (χ1) is 10.2. The molecule has 1 aromatic carbocycles. The van der Waals surface area contributed by atoms with Gasteiger partial charge in [0, 0.05) is 19.0 Å². The predicted molar refractivity (Wildman–Crippen MR) is 91.2 cm³/mol. The number of para-hydroxylation sites is 2. The van der Waals surface area contributed by atoms with Gasteiger partial charge in [0.25, 0.3) is 0 Å². The first kappa shape index (κ1) is 16.8. The normalized spacial score (nSPS) is 20.8. The van der Waals surface area contributed by atoms with Crippen LogP contribution in [0.15, 0.2) is 24.3 Å². The number of halogens is 1. The van der Waals surface area contributed by atoms with Crippen LogP contribution in [0.3, 0.4) is 0 Å². The van der Waals surface area contributed by atoms with Crippen LogP contribution in [0, 0.1) is 5.92 Å². The minimum Gasteiger partial charge on any atom is -0.327 e. The van der Waals surface area contributed by atoms with E-state index in [0.717, 1.165) is 36.8 Å². The molecule has 1 aliphatic rings. The highest BCUT2D eigenvalue weighted by molar-refractivity contribution is 5.91. The van der Waals surface area contributed by atoms with Crippen LogP contribution in [0.5, 0.6) is 0 Å². The molecule has 0 spiro atoms. The molecule has 1 aromatic heterocycles. The van der Waals surface area contributed by atoms with E-state index in [2.05, 4.69) is 17.2 Å². The van der Waals surface area contributed by atoms with E-state index in [1.807, 2.05) is 28.8 Å². The van der Waals surface area contributed by atoms with Crippen LogP contribution in [0.2, 0.25) is 0 Å². The largest absolute Gasteiger partial charge is 0.327 e. The number of hydrogen-bond acceptors (Lipinski definition) is 3. The van der Waals surface area contributed by atoms with E-state index >= 15 is 0 Å². The predicted octanol–water partition coefficient (Wildman–Crippen LogP) is 2.93. The summed E-state index contributed by atoms with van der Waals surface area (Å²) in [5.41, 5.74) is 8.00. The molecular weight excluding hydrogens is 300 g/mol. The first-order valence-electron chi connectivity index (χ1n) is 7.69. The monoisotopic (exact) mass is 322 g/mol. The Morgan fingerprint density at radius 3 is 2.86 bits per heavy atom.